The number of aliphatic carboxylic acids is 1. The van der Waals surface area contributed by atoms with Crippen LogP contribution in [0.25, 0.3) is 0 Å². The van der Waals surface area contributed by atoms with Crippen LogP contribution in [0.5, 0.6) is 0 Å². The van der Waals surface area contributed by atoms with Crippen molar-refractivity contribution < 1.29 is 14.7 Å². The summed E-state index contributed by atoms with van der Waals surface area (Å²) in [5, 5.41) is 16.4. The fraction of sp³-hybridized carbons (Fsp3) is 0.571. The van der Waals surface area contributed by atoms with Crippen LogP contribution in [-0.4, -0.2) is 23.1 Å². The van der Waals surface area contributed by atoms with E-state index >= 15 is 0 Å². The molecule has 0 aromatic carbocycles. The van der Waals surface area contributed by atoms with E-state index in [1.54, 1.807) is 11.3 Å². The van der Waals surface area contributed by atoms with E-state index in [1.807, 2.05) is 38.3 Å². The molecule has 2 amide bonds. The standard InChI is InChI=1S/C14H22N2O3S/c1-4-10(12-6-5-7-20-12)15-14(19)16-11(13(17)18)8-9(2)3/h5-7,9-11H,4,8H2,1-3H3,(H,17,18)(H2,15,16,19)/t10?,11-/m1/s1. The lowest BCUT2D eigenvalue weighted by Gasteiger charge is -2.20. The van der Waals surface area contributed by atoms with Crippen LogP contribution in [0, 0.1) is 5.92 Å². The van der Waals surface area contributed by atoms with Crippen molar-refractivity contribution in [3.05, 3.63) is 22.4 Å². The highest BCUT2D eigenvalue weighted by atomic mass is 32.1. The zero-order valence-electron chi connectivity index (χ0n) is 12.1. The molecule has 0 bridgehead atoms. The first kappa shape index (κ1) is 16.5. The number of hydrogen-bond acceptors (Lipinski definition) is 3. The predicted molar refractivity (Wildman–Crippen MR) is 79.9 cm³/mol. The topological polar surface area (TPSA) is 78.4 Å². The molecule has 1 aromatic rings. The second kappa shape index (κ2) is 7.89. The van der Waals surface area contributed by atoms with Gasteiger partial charge in [0, 0.05) is 4.88 Å². The molecule has 0 aliphatic heterocycles. The van der Waals surface area contributed by atoms with Crippen molar-refractivity contribution in [3.63, 3.8) is 0 Å². The predicted octanol–water partition coefficient (Wildman–Crippen LogP) is 3.00. The van der Waals surface area contributed by atoms with Gasteiger partial charge in [-0.3, -0.25) is 0 Å². The number of rotatable bonds is 7. The number of carbonyl (C=O) groups excluding carboxylic acids is 1. The minimum absolute atomic E-state index is 0.0801. The average molecular weight is 298 g/mol. The number of thiophene rings is 1. The summed E-state index contributed by atoms with van der Waals surface area (Å²) in [5.41, 5.74) is 0. The molecule has 1 aromatic heterocycles. The molecular weight excluding hydrogens is 276 g/mol. The Morgan fingerprint density at radius 2 is 2.05 bits per heavy atom. The van der Waals surface area contributed by atoms with Crippen molar-refractivity contribution in [1.82, 2.24) is 10.6 Å². The number of carboxylic acids is 1. The highest BCUT2D eigenvalue weighted by Crippen LogP contribution is 2.21. The second-order valence-electron chi connectivity index (χ2n) is 5.11. The maximum atomic E-state index is 11.9. The summed E-state index contributed by atoms with van der Waals surface area (Å²) in [4.78, 5) is 24.1. The monoisotopic (exact) mass is 298 g/mol. The van der Waals surface area contributed by atoms with Crippen molar-refractivity contribution in [2.75, 3.05) is 0 Å². The van der Waals surface area contributed by atoms with E-state index in [9.17, 15) is 9.59 Å². The molecule has 0 radical (unpaired) electrons. The molecule has 6 heteroatoms. The highest BCUT2D eigenvalue weighted by Gasteiger charge is 2.22. The fourth-order valence-corrected chi connectivity index (χ4v) is 2.78. The average Bonchev–Trinajstić information content (AvgIpc) is 2.88. The minimum atomic E-state index is -1.00. The van der Waals surface area contributed by atoms with Gasteiger partial charge in [-0.15, -0.1) is 11.3 Å². The Kier molecular flexibility index (Phi) is 6.51. The molecule has 3 N–H and O–H groups in total. The molecule has 112 valence electrons. The third-order valence-electron chi connectivity index (χ3n) is 2.91. The largest absolute Gasteiger partial charge is 0.480 e. The van der Waals surface area contributed by atoms with Gasteiger partial charge < -0.3 is 15.7 Å². The lowest BCUT2D eigenvalue weighted by atomic mass is 10.0. The Labute approximate surface area is 123 Å². The van der Waals surface area contributed by atoms with Gasteiger partial charge in [0.1, 0.15) is 6.04 Å². The van der Waals surface area contributed by atoms with Crippen LogP contribution >= 0.6 is 11.3 Å². The van der Waals surface area contributed by atoms with Gasteiger partial charge in [-0.05, 0) is 30.2 Å². The van der Waals surface area contributed by atoms with E-state index in [1.165, 1.54) is 0 Å². The molecule has 1 unspecified atom stereocenters. The van der Waals surface area contributed by atoms with E-state index in [0.29, 0.717) is 6.42 Å². The summed E-state index contributed by atoms with van der Waals surface area (Å²) in [6, 6.07) is 2.53. The molecule has 0 spiro atoms. The molecule has 0 fully saturated rings. The molecular formula is C14H22N2O3S. The maximum Gasteiger partial charge on any atom is 0.326 e. The highest BCUT2D eigenvalue weighted by molar-refractivity contribution is 7.10. The van der Waals surface area contributed by atoms with E-state index < -0.39 is 18.0 Å². The Morgan fingerprint density at radius 1 is 1.35 bits per heavy atom. The zero-order valence-corrected chi connectivity index (χ0v) is 12.9. The molecule has 5 nitrogen and oxygen atoms in total. The SMILES string of the molecule is CCC(NC(=O)N[C@H](CC(C)C)C(=O)O)c1cccs1. The number of amides is 2. The van der Waals surface area contributed by atoms with Crippen molar-refractivity contribution in [2.45, 2.75) is 45.7 Å². The normalized spacial score (nSPS) is 13.8. The van der Waals surface area contributed by atoms with Crippen molar-refractivity contribution in [2.24, 2.45) is 5.92 Å². The third kappa shape index (κ3) is 5.21. The van der Waals surface area contributed by atoms with E-state index in [4.69, 9.17) is 5.11 Å². The van der Waals surface area contributed by atoms with Gasteiger partial charge in [-0.1, -0.05) is 26.8 Å². The summed E-state index contributed by atoms with van der Waals surface area (Å²) in [6.45, 7) is 5.83. The van der Waals surface area contributed by atoms with Crippen molar-refractivity contribution in [3.8, 4) is 0 Å². The number of hydrogen-bond donors (Lipinski definition) is 3. The molecule has 1 heterocycles. The number of carboxylic acid groups (broad SMARTS) is 1. The first-order valence-electron chi connectivity index (χ1n) is 6.77. The Balaban J connectivity index is 2.58. The maximum absolute atomic E-state index is 11.9. The summed E-state index contributed by atoms with van der Waals surface area (Å²) >= 11 is 1.57. The second-order valence-corrected chi connectivity index (χ2v) is 6.09. The smallest absolute Gasteiger partial charge is 0.326 e. The van der Waals surface area contributed by atoms with Gasteiger partial charge in [0.05, 0.1) is 6.04 Å². The zero-order chi connectivity index (χ0) is 15.1. The Morgan fingerprint density at radius 3 is 2.50 bits per heavy atom. The summed E-state index contributed by atoms with van der Waals surface area (Å²) < 4.78 is 0. The number of nitrogens with one attached hydrogen (secondary N) is 2. The van der Waals surface area contributed by atoms with Gasteiger partial charge in [0.2, 0.25) is 0 Å². The summed E-state index contributed by atoms with van der Waals surface area (Å²) in [6.07, 6.45) is 1.17. The van der Waals surface area contributed by atoms with Crippen LogP contribution < -0.4 is 10.6 Å². The fourth-order valence-electron chi connectivity index (χ4n) is 1.91. The van der Waals surface area contributed by atoms with Crippen molar-refractivity contribution >= 4 is 23.3 Å². The summed E-state index contributed by atoms with van der Waals surface area (Å²) in [5.74, 6) is -0.798. The van der Waals surface area contributed by atoms with Crippen LogP contribution in [-0.2, 0) is 4.79 Å². The molecule has 0 saturated heterocycles. The quantitative estimate of drug-likeness (QED) is 0.724. The van der Waals surface area contributed by atoms with E-state index in [0.717, 1.165) is 11.3 Å². The molecule has 20 heavy (non-hydrogen) atoms. The first-order chi connectivity index (χ1) is 9.43. The molecule has 2 atom stereocenters. The van der Waals surface area contributed by atoms with E-state index in [-0.39, 0.29) is 12.0 Å². The van der Waals surface area contributed by atoms with Gasteiger partial charge in [0.25, 0.3) is 0 Å². The molecule has 1 rings (SSSR count). The summed E-state index contributed by atoms with van der Waals surface area (Å²) in [7, 11) is 0. The Hall–Kier alpha value is -1.56. The van der Waals surface area contributed by atoms with Gasteiger partial charge in [-0.2, -0.15) is 0 Å². The van der Waals surface area contributed by atoms with Crippen LogP contribution in [0.3, 0.4) is 0 Å². The van der Waals surface area contributed by atoms with Crippen LogP contribution in [0.15, 0.2) is 17.5 Å². The van der Waals surface area contributed by atoms with Gasteiger partial charge in [-0.25, -0.2) is 9.59 Å². The number of urea groups is 1. The third-order valence-corrected chi connectivity index (χ3v) is 3.90. The van der Waals surface area contributed by atoms with Crippen molar-refractivity contribution in [1.29, 1.82) is 0 Å². The minimum Gasteiger partial charge on any atom is -0.480 e. The molecule has 0 aliphatic carbocycles. The molecule has 0 saturated carbocycles. The molecule has 0 aliphatic rings. The number of carbonyl (C=O) groups is 2. The van der Waals surface area contributed by atoms with Crippen LogP contribution in [0.1, 0.15) is 44.5 Å². The Bertz CT molecular complexity index is 432. The first-order valence-corrected chi connectivity index (χ1v) is 7.65. The van der Waals surface area contributed by atoms with Gasteiger partial charge >= 0.3 is 12.0 Å². The lowest BCUT2D eigenvalue weighted by molar-refractivity contribution is -0.139. The van der Waals surface area contributed by atoms with Crippen LogP contribution in [0.4, 0.5) is 4.79 Å². The van der Waals surface area contributed by atoms with Gasteiger partial charge in [0.15, 0.2) is 0 Å². The van der Waals surface area contributed by atoms with E-state index in [2.05, 4.69) is 10.6 Å². The lowest BCUT2D eigenvalue weighted by Crippen LogP contribution is -2.47. The van der Waals surface area contributed by atoms with Crippen LogP contribution in [0.2, 0.25) is 0 Å².